The Kier molecular flexibility index (Phi) is 5.47. The lowest BCUT2D eigenvalue weighted by atomic mass is 9.73. The Bertz CT molecular complexity index is 1380. The fourth-order valence-electron chi connectivity index (χ4n) is 5.05. The number of hydrogen-bond donors (Lipinski definition) is 1. The fraction of sp³-hybridized carbons (Fsp3) is 0.214. The van der Waals surface area contributed by atoms with Crippen molar-refractivity contribution in [3.63, 3.8) is 0 Å². The van der Waals surface area contributed by atoms with Gasteiger partial charge in [0.05, 0.1) is 22.3 Å². The first-order chi connectivity index (χ1) is 16.7. The molecule has 1 N–H and O–H groups in total. The van der Waals surface area contributed by atoms with E-state index in [0.717, 1.165) is 5.70 Å². The lowest BCUT2D eigenvalue weighted by molar-refractivity contribution is -0.384. The first-order valence-corrected chi connectivity index (χ1v) is 11.5. The van der Waals surface area contributed by atoms with Crippen molar-refractivity contribution in [2.45, 2.75) is 32.7 Å². The van der Waals surface area contributed by atoms with E-state index in [9.17, 15) is 19.7 Å². The predicted molar refractivity (Wildman–Crippen MR) is 134 cm³/mol. The smallest absolute Gasteiger partial charge is 0.269 e. The van der Waals surface area contributed by atoms with Crippen molar-refractivity contribution in [2.75, 3.05) is 10.2 Å². The van der Waals surface area contributed by atoms with Gasteiger partial charge in [-0.15, -0.1) is 0 Å². The van der Waals surface area contributed by atoms with Crippen LogP contribution in [-0.4, -0.2) is 16.6 Å². The van der Waals surface area contributed by atoms with Crippen LogP contribution in [-0.2, 0) is 4.79 Å². The number of carbonyl (C=O) groups excluding carboxylic acids is 2. The molecular weight excluding hydrogens is 442 g/mol. The number of anilines is 2. The van der Waals surface area contributed by atoms with Crippen molar-refractivity contribution >= 4 is 28.8 Å². The molecule has 1 heterocycles. The Labute approximate surface area is 203 Å². The highest BCUT2D eigenvalue weighted by atomic mass is 16.6. The fourth-order valence-corrected chi connectivity index (χ4v) is 5.05. The second-order valence-electron chi connectivity index (χ2n) is 9.77. The van der Waals surface area contributed by atoms with Gasteiger partial charge in [0.15, 0.2) is 5.78 Å². The molecule has 0 spiro atoms. The Morgan fingerprint density at radius 2 is 1.71 bits per heavy atom. The van der Waals surface area contributed by atoms with Crippen LogP contribution in [0.3, 0.4) is 0 Å². The number of nitro groups is 1. The van der Waals surface area contributed by atoms with Crippen LogP contribution in [0.5, 0.6) is 0 Å². The van der Waals surface area contributed by atoms with Gasteiger partial charge in [-0.1, -0.05) is 56.3 Å². The van der Waals surface area contributed by atoms with E-state index in [0.29, 0.717) is 40.9 Å². The minimum atomic E-state index is -0.822. The average Bonchev–Trinajstić information content (AvgIpc) is 2.97. The number of nitro benzene ring substituents is 1. The maximum atomic E-state index is 14.1. The van der Waals surface area contributed by atoms with E-state index in [2.05, 4.69) is 5.32 Å². The molecule has 5 rings (SSSR count). The summed E-state index contributed by atoms with van der Waals surface area (Å²) in [6.07, 6.45) is 0.934. The minimum Gasteiger partial charge on any atom is -0.357 e. The van der Waals surface area contributed by atoms with Crippen molar-refractivity contribution in [1.82, 2.24) is 0 Å². The molecule has 0 fully saturated rings. The number of hydrogen-bond acceptors (Lipinski definition) is 5. The normalized spacial score (nSPS) is 18.7. The third kappa shape index (κ3) is 4.10. The van der Waals surface area contributed by atoms with E-state index >= 15 is 0 Å². The van der Waals surface area contributed by atoms with Crippen molar-refractivity contribution in [1.29, 1.82) is 0 Å². The van der Waals surface area contributed by atoms with Gasteiger partial charge in [-0.2, -0.15) is 0 Å². The molecule has 1 aliphatic heterocycles. The third-order valence-corrected chi connectivity index (χ3v) is 6.54. The van der Waals surface area contributed by atoms with E-state index < -0.39 is 11.0 Å². The lowest BCUT2D eigenvalue weighted by Crippen LogP contribution is -2.39. The first kappa shape index (κ1) is 22.5. The number of fused-ring (bicyclic) bond motifs is 1. The minimum absolute atomic E-state index is 0.0704. The summed E-state index contributed by atoms with van der Waals surface area (Å²) in [6.45, 7) is 4.09. The molecule has 3 aromatic carbocycles. The molecule has 0 aromatic heterocycles. The molecule has 3 aromatic rings. The Morgan fingerprint density at radius 1 is 1.00 bits per heavy atom. The Morgan fingerprint density at radius 3 is 2.46 bits per heavy atom. The van der Waals surface area contributed by atoms with Gasteiger partial charge in [0.2, 0.25) is 0 Å². The van der Waals surface area contributed by atoms with E-state index in [4.69, 9.17) is 0 Å². The molecule has 0 saturated carbocycles. The lowest BCUT2D eigenvalue weighted by Gasteiger charge is -2.37. The van der Waals surface area contributed by atoms with Crippen molar-refractivity contribution in [3.05, 3.63) is 111 Å². The van der Waals surface area contributed by atoms with Gasteiger partial charge >= 0.3 is 0 Å². The van der Waals surface area contributed by atoms with Crippen LogP contribution in [0.15, 0.2) is 90.1 Å². The number of Topliss-reactive ketones (excluding diaryl/α,β-unsaturated/α-hetero) is 1. The molecule has 7 nitrogen and oxygen atoms in total. The summed E-state index contributed by atoms with van der Waals surface area (Å²) < 4.78 is 0. The Hall–Kier alpha value is -4.26. The van der Waals surface area contributed by atoms with Crippen molar-refractivity contribution in [2.24, 2.45) is 5.41 Å². The van der Waals surface area contributed by atoms with Gasteiger partial charge in [-0.25, -0.2) is 0 Å². The SMILES string of the molecule is CC1(C)CC(=O)C2=C(C1)Nc1ccccc1N(C(=O)c1ccccc1)[C@H]2c1cccc([N+](=O)[O-])c1. The summed E-state index contributed by atoms with van der Waals surface area (Å²) in [4.78, 5) is 40.5. The van der Waals surface area contributed by atoms with Crippen LogP contribution < -0.4 is 10.2 Å². The predicted octanol–water partition coefficient (Wildman–Crippen LogP) is 6.05. The van der Waals surface area contributed by atoms with E-state index in [1.807, 2.05) is 44.2 Å². The van der Waals surface area contributed by atoms with Crippen LogP contribution in [0.2, 0.25) is 0 Å². The van der Waals surface area contributed by atoms with Gasteiger partial charge in [-0.05, 0) is 41.7 Å². The first-order valence-electron chi connectivity index (χ1n) is 11.5. The number of nitrogens with zero attached hydrogens (tertiary/aromatic N) is 2. The summed E-state index contributed by atoms with van der Waals surface area (Å²) in [5, 5.41) is 15.1. The molecule has 35 heavy (non-hydrogen) atoms. The molecule has 1 atom stereocenters. The van der Waals surface area contributed by atoms with Crippen LogP contribution in [0.4, 0.5) is 17.1 Å². The van der Waals surface area contributed by atoms with Crippen LogP contribution in [0.1, 0.15) is 48.7 Å². The second kappa shape index (κ2) is 8.51. The zero-order valence-corrected chi connectivity index (χ0v) is 19.5. The summed E-state index contributed by atoms with van der Waals surface area (Å²) in [5.74, 6) is -0.360. The summed E-state index contributed by atoms with van der Waals surface area (Å²) in [5.41, 5.74) is 3.17. The van der Waals surface area contributed by atoms with Gasteiger partial charge in [0.25, 0.3) is 11.6 Å². The molecule has 0 radical (unpaired) electrons. The Balaban J connectivity index is 1.81. The average molecular weight is 468 g/mol. The van der Waals surface area contributed by atoms with Crippen LogP contribution in [0, 0.1) is 15.5 Å². The molecule has 0 saturated heterocycles. The monoisotopic (exact) mass is 467 g/mol. The van der Waals surface area contributed by atoms with Gasteiger partial charge in [0, 0.05) is 35.4 Å². The highest BCUT2D eigenvalue weighted by Crippen LogP contribution is 2.48. The number of rotatable bonds is 3. The summed E-state index contributed by atoms with van der Waals surface area (Å²) in [6, 6.07) is 21.7. The molecule has 2 aliphatic rings. The molecule has 1 amide bonds. The number of allylic oxidation sites excluding steroid dienone is 1. The number of non-ortho nitro benzene ring substituents is 1. The molecule has 0 unspecified atom stereocenters. The summed E-state index contributed by atoms with van der Waals surface area (Å²) in [7, 11) is 0. The number of carbonyl (C=O) groups is 2. The number of nitrogens with one attached hydrogen (secondary N) is 1. The molecule has 1 aliphatic carbocycles. The van der Waals surface area contributed by atoms with E-state index in [1.165, 1.54) is 12.1 Å². The number of ketones is 1. The van der Waals surface area contributed by atoms with E-state index in [-0.39, 0.29) is 22.8 Å². The van der Waals surface area contributed by atoms with Crippen LogP contribution in [0.25, 0.3) is 0 Å². The van der Waals surface area contributed by atoms with Crippen molar-refractivity contribution in [3.8, 4) is 0 Å². The van der Waals surface area contributed by atoms with Gasteiger partial charge in [0.1, 0.15) is 0 Å². The van der Waals surface area contributed by atoms with Gasteiger partial charge in [-0.3, -0.25) is 24.6 Å². The quantitative estimate of drug-likeness (QED) is 0.374. The molecule has 176 valence electrons. The molecule has 7 heteroatoms. The van der Waals surface area contributed by atoms with E-state index in [1.54, 1.807) is 41.3 Å². The van der Waals surface area contributed by atoms with Gasteiger partial charge < -0.3 is 5.32 Å². The number of amides is 1. The maximum absolute atomic E-state index is 14.1. The van der Waals surface area contributed by atoms with Crippen molar-refractivity contribution < 1.29 is 14.5 Å². The third-order valence-electron chi connectivity index (χ3n) is 6.54. The molecule has 0 bridgehead atoms. The highest BCUT2D eigenvalue weighted by Gasteiger charge is 2.43. The second-order valence-corrected chi connectivity index (χ2v) is 9.77. The zero-order valence-electron chi connectivity index (χ0n) is 19.5. The summed E-state index contributed by atoms with van der Waals surface area (Å²) >= 11 is 0. The maximum Gasteiger partial charge on any atom is 0.269 e. The largest absolute Gasteiger partial charge is 0.357 e. The van der Waals surface area contributed by atoms with Crippen LogP contribution >= 0.6 is 0 Å². The zero-order chi connectivity index (χ0) is 24.7. The standard InChI is InChI=1S/C28H25N3O4/c1-28(2)16-22-25(24(32)17-28)26(19-11-8-12-20(15-19)31(34)35)30(23-14-7-6-13-21(23)29-22)27(33)18-9-4-3-5-10-18/h3-15,26,29H,16-17H2,1-2H3/t26-/m0/s1. The topological polar surface area (TPSA) is 92.6 Å². The number of para-hydroxylation sites is 2. The number of benzene rings is 3. The highest BCUT2D eigenvalue weighted by molar-refractivity contribution is 6.12. The molecular formula is C28H25N3O4.